The molecular formula is C19H31N4O5+. The van der Waals surface area contributed by atoms with Crippen LogP contribution in [0, 0.1) is 11.8 Å². The van der Waals surface area contributed by atoms with Crippen molar-refractivity contribution in [3.05, 3.63) is 0 Å². The molecule has 28 heavy (non-hydrogen) atoms. The normalized spacial score (nSPS) is 28.7. The van der Waals surface area contributed by atoms with Crippen LogP contribution in [0.25, 0.3) is 0 Å². The van der Waals surface area contributed by atoms with E-state index in [4.69, 9.17) is 5.73 Å². The summed E-state index contributed by atoms with van der Waals surface area (Å²) in [5.74, 6) is -1.47. The molecule has 0 aromatic heterocycles. The standard InChI is InChI=1S/C19H30N4O5/c20-17(25)16-6-3-9-23(16,19(27)21-15-7-8-15)18(26)14(11-22(28)12-24)10-13-4-1-2-5-13/h12-16,28H,1-11H2,(H2-,20,21,25,27)/p+1/t14-,16+,23?/m1/s1. The molecule has 1 aliphatic heterocycles. The number of amides is 5. The molecule has 3 aliphatic rings. The highest BCUT2D eigenvalue weighted by atomic mass is 16.5. The quantitative estimate of drug-likeness (QED) is 0.243. The van der Waals surface area contributed by atoms with E-state index in [1.807, 2.05) is 0 Å². The first kappa shape index (κ1) is 20.7. The molecule has 3 fully saturated rings. The Morgan fingerprint density at radius 3 is 2.39 bits per heavy atom. The van der Waals surface area contributed by atoms with Crippen molar-refractivity contribution in [2.75, 3.05) is 13.1 Å². The molecule has 1 saturated heterocycles. The molecule has 0 aromatic rings. The number of urea groups is 1. The number of nitrogens with one attached hydrogen (secondary N) is 1. The van der Waals surface area contributed by atoms with Crippen LogP contribution in [-0.2, 0) is 14.4 Å². The molecule has 2 aliphatic carbocycles. The first-order chi connectivity index (χ1) is 13.4. The molecule has 0 bridgehead atoms. The summed E-state index contributed by atoms with van der Waals surface area (Å²) in [6, 6.07) is -1.33. The number of hydrogen-bond donors (Lipinski definition) is 3. The highest BCUT2D eigenvalue weighted by Gasteiger charge is 2.59. The number of nitrogens with zero attached hydrogens (tertiary/aromatic N) is 2. The Morgan fingerprint density at radius 1 is 1.14 bits per heavy atom. The van der Waals surface area contributed by atoms with E-state index in [2.05, 4.69) is 5.32 Å². The Balaban J connectivity index is 1.89. The molecule has 4 N–H and O–H groups in total. The molecule has 2 saturated carbocycles. The van der Waals surface area contributed by atoms with Gasteiger partial charge in [0, 0.05) is 18.9 Å². The van der Waals surface area contributed by atoms with E-state index in [-0.39, 0.29) is 25.5 Å². The lowest BCUT2D eigenvalue weighted by Gasteiger charge is -2.36. The summed E-state index contributed by atoms with van der Waals surface area (Å²) in [5.41, 5.74) is 5.58. The van der Waals surface area contributed by atoms with Crippen molar-refractivity contribution in [1.29, 1.82) is 0 Å². The Labute approximate surface area is 164 Å². The minimum atomic E-state index is -0.902. The topological polar surface area (TPSA) is 130 Å². The third kappa shape index (κ3) is 4.20. The number of nitrogens with two attached hydrogens (primary N) is 1. The number of rotatable bonds is 8. The summed E-state index contributed by atoms with van der Waals surface area (Å²) < 4.78 is -0.629. The van der Waals surface area contributed by atoms with Crippen LogP contribution in [-0.4, -0.2) is 64.2 Å². The summed E-state index contributed by atoms with van der Waals surface area (Å²) in [7, 11) is 0. The molecule has 3 rings (SSSR count). The summed E-state index contributed by atoms with van der Waals surface area (Å²) in [6.45, 7) is 0.0414. The maximum Gasteiger partial charge on any atom is 0.424 e. The van der Waals surface area contributed by atoms with Gasteiger partial charge in [-0.25, -0.2) is 14.7 Å². The number of carbonyl (C=O) groups is 4. The number of carbonyl (C=O) groups excluding carboxylic acids is 4. The monoisotopic (exact) mass is 395 g/mol. The van der Waals surface area contributed by atoms with Gasteiger partial charge in [-0.05, 0) is 25.2 Å². The summed E-state index contributed by atoms with van der Waals surface area (Å²) in [6.07, 6.45) is 7.57. The van der Waals surface area contributed by atoms with E-state index >= 15 is 0 Å². The van der Waals surface area contributed by atoms with Crippen molar-refractivity contribution < 1.29 is 28.9 Å². The summed E-state index contributed by atoms with van der Waals surface area (Å²) in [5, 5.41) is 13.1. The Kier molecular flexibility index (Phi) is 6.34. The van der Waals surface area contributed by atoms with Gasteiger partial charge in [-0.15, -0.1) is 0 Å². The molecule has 1 unspecified atom stereocenters. The summed E-state index contributed by atoms with van der Waals surface area (Å²) >= 11 is 0. The lowest BCUT2D eigenvalue weighted by Crippen LogP contribution is -2.68. The Bertz CT molecular complexity index is 632. The average Bonchev–Trinajstić information content (AvgIpc) is 3.15. The molecular weight excluding hydrogens is 364 g/mol. The zero-order valence-electron chi connectivity index (χ0n) is 16.2. The van der Waals surface area contributed by atoms with Crippen LogP contribution in [0.1, 0.15) is 57.8 Å². The lowest BCUT2D eigenvalue weighted by atomic mass is 9.90. The predicted octanol–water partition coefficient (Wildman–Crippen LogP) is 0.894. The fourth-order valence-corrected chi connectivity index (χ4v) is 4.89. The van der Waals surface area contributed by atoms with Gasteiger partial charge in [-0.2, -0.15) is 4.48 Å². The number of likely N-dealkylation sites (tertiary alicyclic amines) is 1. The molecule has 9 heteroatoms. The van der Waals surface area contributed by atoms with E-state index < -0.39 is 34.3 Å². The molecule has 0 aromatic carbocycles. The van der Waals surface area contributed by atoms with Gasteiger partial charge in [0.25, 0.3) is 5.91 Å². The van der Waals surface area contributed by atoms with Gasteiger partial charge in [-0.3, -0.25) is 14.8 Å². The predicted molar refractivity (Wildman–Crippen MR) is 98.5 cm³/mol. The van der Waals surface area contributed by atoms with Crippen molar-refractivity contribution in [2.45, 2.75) is 69.9 Å². The van der Waals surface area contributed by atoms with Crippen LogP contribution in [0.15, 0.2) is 0 Å². The molecule has 9 nitrogen and oxygen atoms in total. The zero-order valence-corrected chi connectivity index (χ0v) is 16.2. The smallest absolute Gasteiger partial charge is 0.364 e. The third-order valence-electron chi connectivity index (χ3n) is 6.48. The fraction of sp³-hybridized carbons (Fsp3) is 0.789. The van der Waals surface area contributed by atoms with E-state index in [9.17, 15) is 24.4 Å². The first-order valence-corrected chi connectivity index (χ1v) is 10.3. The van der Waals surface area contributed by atoms with Crippen LogP contribution >= 0.6 is 0 Å². The van der Waals surface area contributed by atoms with Gasteiger partial charge in [0.15, 0.2) is 6.04 Å². The zero-order chi connectivity index (χ0) is 20.3. The SMILES string of the molecule is NC(=O)[C@@H]1CCC[N+]1(C(=O)NC1CC1)C(=O)[C@H](CC1CCCC1)CN(O)C=O. The number of hydroxylamine groups is 2. The fourth-order valence-electron chi connectivity index (χ4n) is 4.89. The minimum absolute atomic E-state index is 0.0435. The number of imide groups is 1. The second-order valence-electron chi connectivity index (χ2n) is 8.53. The van der Waals surface area contributed by atoms with Crippen molar-refractivity contribution in [3.63, 3.8) is 0 Å². The third-order valence-corrected chi connectivity index (χ3v) is 6.48. The summed E-state index contributed by atoms with van der Waals surface area (Å²) in [4.78, 5) is 50.0. The van der Waals surface area contributed by atoms with E-state index in [0.29, 0.717) is 30.2 Å². The molecule has 1 heterocycles. The molecule has 3 atom stereocenters. The van der Waals surface area contributed by atoms with Crippen molar-refractivity contribution in [1.82, 2.24) is 10.4 Å². The van der Waals surface area contributed by atoms with Crippen LogP contribution in [0.3, 0.4) is 0 Å². The second-order valence-corrected chi connectivity index (χ2v) is 8.53. The highest BCUT2D eigenvalue weighted by molar-refractivity contribution is 5.91. The van der Waals surface area contributed by atoms with E-state index in [0.717, 1.165) is 38.5 Å². The number of quaternary nitrogens is 1. The van der Waals surface area contributed by atoms with Gasteiger partial charge in [0.2, 0.25) is 6.41 Å². The van der Waals surface area contributed by atoms with Gasteiger partial charge in [0.1, 0.15) is 0 Å². The Morgan fingerprint density at radius 2 is 1.82 bits per heavy atom. The Hall–Kier alpha value is -2.00. The van der Waals surface area contributed by atoms with Crippen LogP contribution in [0.4, 0.5) is 4.79 Å². The van der Waals surface area contributed by atoms with Crippen LogP contribution < -0.4 is 11.1 Å². The van der Waals surface area contributed by atoms with Crippen molar-refractivity contribution >= 4 is 24.3 Å². The van der Waals surface area contributed by atoms with E-state index in [1.54, 1.807) is 0 Å². The first-order valence-electron chi connectivity index (χ1n) is 10.3. The lowest BCUT2D eigenvalue weighted by molar-refractivity contribution is -0.779. The minimum Gasteiger partial charge on any atom is -0.364 e. The van der Waals surface area contributed by atoms with Gasteiger partial charge in [0.05, 0.1) is 19.0 Å². The van der Waals surface area contributed by atoms with Crippen LogP contribution in [0.5, 0.6) is 0 Å². The van der Waals surface area contributed by atoms with Gasteiger partial charge < -0.3 is 11.1 Å². The number of hydrogen-bond acceptors (Lipinski definition) is 5. The molecule has 0 spiro atoms. The number of primary amides is 1. The van der Waals surface area contributed by atoms with E-state index in [1.165, 1.54) is 0 Å². The van der Waals surface area contributed by atoms with Gasteiger partial charge >= 0.3 is 11.9 Å². The maximum atomic E-state index is 13.7. The second kappa shape index (κ2) is 8.57. The van der Waals surface area contributed by atoms with Crippen molar-refractivity contribution in [2.24, 2.45) is 17.6 Å². The molecule has 0 radical (unpaired) electrons. The largest absolute Gasteiger partial charge is 0.424 e. The average molecular weight is 395 g/mol. The van der Waals surface area contributed by atoms with Gasteiger partial charge in [-0.1, -0.05) is 25.7 Å². The van der Waals surface area contributed by atoms with Crippen LogP contribution in [0.2, 0.25) is 0 Å². The maximum absolute atomic E-state index is 13.7. The molecule has 5 amide bonds. The molecule has 156 valence electrons. The van der Waals surface area contributed by atoms with Crippen molar-refractivity contribution in [3.8, 4) is 0 Å². The highest BCUT2D eigenvalue weighted by Crippen LogP contribution is 2.36.